The maximum absolute atomic E-state index is 12.7. The number of alkyl halides is 3. The average Bonchev–Trinajstić information content (AvgIpc) is 3.09. The number of nitrogens with one attached hydrogen (secondary N) is 1. The lowest BCUT2D eigenvalue weighted by molar-refractivity contribution is -0.384. The Morgan fingerprint density at radius 2 is 1.85 bits per heavy atom. The molecule has 1 aromatic heterocycles. The van der Waals surface area contributed by atoms with E-state index in [2.05, 4.69) is 15.5 Å². The molecule has 0 saturated carbocycles. The summed E-state index contributed by atoms with van der Waals surface area (Å²) in [5.41, 5.74) is -0.819. The van der Waals surface area contributed by atoms with Gasteiger partial charge in [0.25, 0.3) is 11.6 Å². The molecule has 0 aliphatic rings. The van der Waals surface area contributed by atoms with Crippen LogP contribution < -0.4 is 5.32 Å². The molecule has 0 atom stereocenters. The van der Waals surface area contributed by atoms with Gasteiger partial charge in [0.15, 0.2) is 0 Å². The molecule has 1 heterocycles. The third kappa shape index (κ3) is 4.26. The summed E-state index contributed by atoms with van der Waals surface area (Å²) >= 11 is 0.940. The van der Waals surface area contributed by atoms with Crippen LogP contribution in [0.25, 0.3) is 10.6 Å². The van der Waals surface area contributed by atoms with Gasteiger partial charge in [-0.15, -0.1) is 10.2 Å². The van der Waals surface area contributed by atoms with Gasteiger partial charge < -0.3 is 0 Å². The van der Waals surface area contributed by atoms with Gasteiger partial charge in [-0.3, -0.25) is 20.2 Å². The number of halogens is 3. The number of carbonyl (C=O) groups is 1. The van der Waals surface area contributed by atoms with E-state index in [1.54, 1.807) is 6.07 Å². The number of anilines is 1. The minimum absolute atomic E-state index is 0.0546. The molecule has 0 unspecified atom stereocenters. The van der Waals surface area contributed by atoms with Gasteiger partial charge in [-0.25, -0.2) is 0 Å². The van der Waals surface area contributed by atoms with Crippen LogP contribution in [0.15, 0.2) is 48.5 Å². The molecule has 3 aromatic rings. The first-order valence-corrected chi connectivity index (χ1v) is 8.12. The molecule has 0 spiro atoms. The molecule has 0 fully saturated rings. The van der Waals surface area contributed by atoms with Crippen LogP contribution in [0.4, 0.5) is 24.0 Å². The van der Waals surface area contributed by atoms with Crippen LogP contribution >= 0.6 is 11.3 Å². The minimum atomic E-state index is -4.56. The first-order valence-electron chi connectivity index (χ1n) is 7.31. The van der Waals surface area contributed by atoms with Gasteiger partial charge in [0.1, 0.15) is 5.01 Å². The van der Waals surface area contributed by atoms with E-state index < -0.39 is 22.6 Å². The fourth-order valence-corrected chi connectivity index (χ4v) is 2.88. The van der Waals surface area contributed by atoms with Crippen LogP contribution in [0.2, 0.25) is 0 Å². The zero-order chi connectivity index (χ0) is 19.6. The van der Waals surface area contributed by atoms with Crippen molar-refractivity contribution in [3.05, 3.63) is 69.8 Å². The molecule has 0 radical (unpaired) electrons. The maximum Gasteiger partial charge on any atom is 0.416 e. The lowest BCUT2D eigenvalue weighted by Crippen LogP contribution is -2.13. The van der Waals surface area contributed by atoms with E-state index in [1.165, 1.54) is 24.3 Å². The fraction of sp³-hybridized carbons (Fsp3) is 0.0625. The number of nitro benzene ring substituents is 1. The molecule has 7 nitrogen and oxygen atoms in total. The summed E-state index contributed by atoms with van der Waals surface area (Å²) in [6.45, 7) is 0. The molecule has 0 saturated heterocycles. The van der Waals surface area contributed by atoms with E-state index in [9.17, 15) is 28.1 Å². The summed E-state index contributed by atoms with van der Waals surface area (Å²) in [5.74, 6) is -0.775. The van der Waals surface area contributed by atoms with Gasteiger partial charge in [0.05, 0.1) is 10.5 Å². The zero-order valence-corrected chi connectivity index (χ0v) is 14.0. The molecule has 0 aliphatic heterocycles. The largest absolute Gasteiger partial charge is 0.416 e. The summed E-state index contributed by atoms with van der Waals surface area (Å²) in [6.07, 6.45) is -4.56. The number of non-ortho nitro benzene ring substituents is 1. The van der Waals surface area contributed by atoms with Gasteiger partial charge in [-0.05, 0) is 18.2 Å². The summed E-state index contributed by atoms with van der Waals surface area (Å²) in [4.78, 5) is 22.4. The molecule has 1 amide bonds. The average molecular weight is 394 g/mol. The van der Waals surface area contributed by atoms with E-state index in [0.29, 0.717) is 10.6 Å². The number of carbonyl (C=O) groups excluding carboxylic acids is 1. The van der Waals surface area contributed by atoms with E-state index in [1.807, 2.05) is 0 Å². The Morgan fingerprint density at radius 3 is 2.56 bits per heavy atom. The van der Waals surface area contributed by atoms with E-state index in [4.69, 9.17) is 0 Å². The van der Waals surface area contributed by atoms with Crippen molar-refractivity contribution in [3.8, 4) is 10.6 Å². The molecule has 138 valence electrons. The quantitative estimate of drug-likeness (QED) is 0.523. The summed E-state index contributed by atoms with van der Waals surface area (Å²) in [7, 11) is 0. The number of hydrogen-bond donors (Lipinski definition) is 1. The Balaban J connectivity index is 1.79. The zero-order valence-electron chi connectivity index (χ0n) is 13.2. The Hall–Kier alpha value is -3.34. The number of hydrogen-bond acceptors (Lipinski definition) is 6. The molecule has 11 heteroatoms. The summed E-state index contributed by atoms with van der Waals surface area (Å²) in [5, 5.41) is 21.2. The highest BCUT2D eigenvalue weighted by Gasteiger charge is 2.31. The van der Waals surface area contributed by atoms with Crippen molar-refractivity contribution < 1.29 is 22.9 Å². The van der Waals surface area contributed by atoms with Crippen LogP contribution in [-0.4, -0.2) is 21.0 Å². The molecule has 2 aromatic carbocycles. The predicted molar refractivity (Wildman–Crippen MR) is 91.4 cm³/mol. The lowest BCUT2D eigenvalue weighted by Gasteiger charge is -2.08. The van der Waals surface area contributed by atoms with Crippen molar-refractivity contribution in [2.75, 3.05) is 5.32 Å². The third-order valence-electron chi connectivity index (χ3n) is 3.40. The van der Waals surface area contributed by atoms with Crippen molar-refractivity contribution in [2.24, 2.45) is 0 Å². The Labute approximate surface area is 153 Å². The first kappa shape index (κ1) is 18.5. The minimum Gasteiger partial charge on any atom is -0.296 e. The van der Waals surface area contributed by atoms with Gasteiger partial charge in [-0.2, -0.15) is 13.2 Å². The van der Waals surface area contributed by atoms with Crippen molar-refractivity contribution in [1.82, 2.24) is 10.2 Å². The van der Waals surface area contributed by atoms with E-state index in [-0.39, 0.29) is 16.4 Å². The molecule has 27 heavy (non-hydrogen) atoms. The van der Waals surface area contributed by atoms with Crippen molar-refractivity contribution in [1.29, 1.82) is 0 Å². The third-order valence-corrected chi connectivity index (χ3v) is 4.29. The van der Waals surface area contributed by atoms with Gasteiger partial charge >= 0.3 is 6.18 Å². The molecular formula is C16H9F3N4O3S. The molecule has 1 N–H and O–H groups in total. The Morgan fingerprint density at radius 1 is 1.11 bits per heavy atom. The topological polar surface area (TPSA) is 98.0 Å². The molecule has 0 aliphatic carbocycles. The Bertz CT molecular complexity index is 1020. The van der Waals surface area contributed by atoms with Gasteiger partial charge in [0.2, 0.25) is 5.13 Å². The van der Waals surface area contributed by atoms with Crippen LogP contribution in [0, 0.1) is 10.1 Å². The highest BCUT2D eigenvalue weighted by atomic mass is 32.1. The molecular weight excluding hydrogens is 385 g/mol. The van der Waals surface area contributed by atoms with Crippen LogP contribution in [0.1, 0.15) is 15.9 Å². The monoisotopic (exact) mass is 394 g/mol. The molecule has 0 bridgehead atoms. The normalized spacial score (nSPS) is 11.2. The number of rotatable bonds is 4. The smallest absolute Gasteiger partial charge is 0.296 e. The number of benzene rings is 2. The van der Waals surface area contributed by atoms with Crippen molar-refractivity contribution in [3.63, 3.8) is 0 Å². The van der Waals surface area contributed by atoms with Gasteiger partial charge in [0, 0.05) is 23.3 Å². The lowest BCUT2D eigenvalue weighted by atomic mass is 10.1. The second kappa shape index (κ2) is 7.11. The fourth-order valence-electron chi connectivity index (χ4n) is 2.15. The highest BCUT2D eigenvalue weighted by Crippen LogP contribution is 2.31. The second-order valence-electron chi connectivity index (χ2n) is 5.25. The van der Waals surface area contributed by atoms with Crippen molar-refractivity contribution in [2.45, 2.75) is 6.18 Å². The van der Waals surface area contributed by atoms with Crippen LogP contribution in [0.3, 0.4) is 0 Å². The maximum atomic E-state index is 12.7. The number of aromatic nitrogens is 2. The highest BCUT2D eigenvalue weighted by molar-refractivity contribution is 7.18. The molecule has 3 rings (SSSR count). The first-order chi connectivity index (χ1) is 12.7. The number of amides is 1. The summed E-state index contributed by atoms with van der Waals surface area (Å²) in [6, 6.07) is 9.67. The van der Waals surface area contributed by atoms with Crippen LogP contribution in [-0.2, 0) is 6.18 Å². The van der Waals surface area contributed by atoms with E-state index >= 15 is 0 Å². The van der Waals surface area contributed by atoms with E-state index in [0.717, 1.165) is 29.5 Å². The number of nitrogens with zero attached hydrogens (tertiary/aromatic N) is 3. The predicted octanol–water partition coefficient (Wildman–Crippen LogP) is 4.38. The summed E-state index contributed by atoms with van der Waals surface area (Å²) < 4.78 is 38.2. The standard InChI is InChI=1S/C16H9F3N4O3S/c17-16(18,19)11-5-1-3-9(7-11)13(24)20-15-22-21-14(27-15)10-4-2-6-12(8-10)23(25)26/h1-8H,(H,20,22,24). The van der Waals surface area contributed by atoms with Crippen molar-refractivity contribution >= 4 is 28.1 Å². The Kier molecular flexibility index (Phi) is 4.86. The second-order valence-corrected chi connectivity index (χ2v) is 6.23. The number of nitro groups is 1. The SMILES string of the molecule is O=C(Nc1nnc(-c2cccc([N+](=O)[O-])c2)s1)c1cccc(C(F)(F)F)c1. The van der Waals surface area contributed by atoms with Gasteiger partial charge in [-0.1, -0.05) is 29.5 Å². The van der Waals surface area contributed by atoms with Crippen LogP contribution in [0.5, 0.6) is 0 Å².